The number of amides is 1. The molecule has 29 heavy (non-hydrogen) atoms. The lowest BCUT2D eigenvalue weighted by molar-refractivity contribution is -0.138. The molecule has 1 unspecified atom stereocenters. The van der Waals surface area contributed by atoms with Crippen LogP contribution in [0.4, 0.5) is 4.39 Å². The molecule has 0 spiro atoms. The average molecular weight is 394 g/mol. The molecule has 1 atom stereocenters. The summed E-state index contributed by atoms with van der Waals surface area (Å²) in [5.74, 6) is 0.757. The predicted octanol–water partition coefficient (Wildman–Crippen LogP) is 4.24. The third-order valence-corrected chi connectivity index (χ3v) is 5.18. The number of morpholine rings is 1. The van der Waals surface area contributed by atoms with Crippen molar-refractivity contribution in [2.45, 2.75) is 26.4 Å². The topological polar surface area (TPSA) is 55.6 Å². The molecule has 2 heterocycles. The van der Waals surface area contributed by atoms with Crippen LogP contribution in [0.15, 0.2) is 52.9 Å². The fourth-order valence-corrected chi connectivity index (χ4v) is 3.47. The average Bonchev–Trinajstić information content (AvgIpc) is 3.09. The number of rotatable bonds is 4. The van der Waals surface area contributed by atoms with E-state index < -0.39 is 6.10 Å². The number of aryl methyl sites for hydroxylation is 2. The number of halogens is 1. The van der Waals surface area contributed by atoms with Gasteiger partial charge in [0.05, 0.1) is 25.3 Å². The van der Waals surface area contributed by atoms with Gasteiger partial charge in [-0.3, -0.25) is 4.79 Å². The van der Waals surface area contributed by atoms with E-state index in [2.05, 4.69) is 4.98 Å². The zero-order chi connectivity index (χ0) is 20.4. The summed E-state index contributed by atoms with van der Waals surface area (Å²) >= 11 is 0. The number of benzene rings is 2. The minimum Gasteiger partial charge on any atom is -0.441 e. The minimum atomic E-state index is -0.463. The molecule has 0 bridgehead atoms. The van der Waals surface area contributed by atoms with Crippen molar-refractivity contribution in [3.8, 4) is 11.5 Å². The van der Waals surface area contributed by atoms with Crippen LogP contribution in [0, 0.1) is 19.7 Å². The maximum absolute atomic E-state index is 14.1. The highest BCUT2D eigenvalue weighted by Gasteiger charge is 2.28. The second kappa shape index (κ2) is 8.17. The number of aromatic nitrogens is 1. The smallest absolute Gasteiger partial charge is 0.228 e. The van der Waals surface area contributed by atoms with Gasteiger partial charge >= 0.3 is 0 Å². The first-order valence-corrected chi connectivity index (χ1v) is 9.68. The Morgan fingerprint density at radius 1 is 1.17 bits per heavy atom. The van der Waals surface area contributed by atoms with Crippen molar-refractivity contribution < 1.29 is 18.3 Å². The van der Waals surface area contributed by atoms with Gasteiger partial charge in [0.25, 0.3) is 0 Å². The SMILES string of the molecule is Cc1ccc(-c2nc(CC(=O)N3CCOC(c4ccccc4F)C3)c(C)o2)cc1. The molecule has 0 radical (unpaired) electrons. The van der Waals surface area contributed by atoms with Gasteiger partial charge in [-0.1, -0.05) is 35.9 Å². The van der Waals surface area contributed by atoms with E-state index >= 15 is 0 Å². The van der Waals surface area contributed by atoms with Crippen molar-refractivity contribution >= 4 is 5.91 Å². The van der Waals surface area contributed by atoms with Crippen LogP contribution in [-0.4, -0.2) is 35.5 Å². The number of carbonyl (C=O) groups excluding carboxylic acids is 1. The van der Waals surface area contributed by atoms with E-state index in [1.807, 2.05) is 38.1 Å². The summed E-state index contributed by atoms with van der Waals surface area (Å²) in [6, 6.07) is 14.4. The van der Waals surface area contributed by atoms with Gasteiger partial charge in [-0.05, 0) is 32.0 Å². The molecular weight excluding hydrogens is 371 g/mol. The van der Waals surface area contributed by atoms with Gasteiger partial charge in [-0.2, -0.15) is 0 Å². The molecule has 0 N–H and O–H groups in total. The Hall–Kier alpha value is -2.99. The highest BCUT2D eigenvalue weighted by atomic mass is 19.1. The zero-order valence-electron chi connectivity index (χ0n) is 16.5. The van der Waals surface area contributed by atoms with Gasteiger partial charge in [0, 0.05) is 17.7 Å². The lowest BCUT2D eigenvalue weighted by Gasteiger charge is -2.33. The number of oxazole rings is 1. The van der Waals surface area contributed by atoms with Crippen LogP contribution in [0.1, 0.15) is 28.7 Å². The molecule has 0 aliphatic carbocycles. The maximum atomic E-state index is 14.1. The summed E-state index contributed by atoms with van der Waals surface area (Å²) in [5, 5.41) is 0. The molecule has 3 aromatic rings. The summed E-state index contributed by atoms with van der Waals surface area (Å²) < 4.78 is 25.6. The Morgan fingerprint density at radius 2 is 1.93 bits per heavy atom. The third-order valence-electron chi connectivity index (χ3n) is 5.18. The minimum absolute atomic E-state index is 0.0681. The highest BCUT2D eigenvalue weighted by Crippen LogP contribution is 2.26. The van der Waals surface area contributed by atoms with Gasteiger partial charge < -0.3 is 14.1 Å². The van der Waals surface area contributed by atoms with Gasteiger partial charge in [0.15, 0.2) is 0 Å². The first-order valence-electron chi connectivity index (χ1n) is 9.68. The predicted molar refractivity (Wildman–Crippen MR) is 107 cm³/mol. The Balaban J connectivity index is 1.46. The van der Waals surface area contributed by atoms with Crippen LogP contribution in [0.2, 0.25) is 0 Å². The van der Waals surface area contributed by atoms with Gasteiger partial charge in [0.1, 0.15) is 17.7 Å². The zero-order valence-corrected chi connectivity index (χ0v) is 16.5. The Labute approximate surface area is 169 Å². The van der Waals surface area contributed by atoms with Crippen LogP contribution in [0.3, 0.4) is 0 Å². The summed E-state index contributed by atoms with van der Waals surface area (Å²) in [6.45, 7) is 5.00. The number of carbonyl (C=O) groups is 1. The largest absolute Gasteiger partial charge is 0.441 e. The molecular formula is C23H23FN2O3. The first-order chi connectivity index (χ1) is 14.0. The molecule has 2 aromatic carbocycles. The van der Waals surface area contributed by atoms with Crippen LogP contribution in [0.5, 0.6) is 0 Å². The van der Waals surface area contributed by atoms with Crippen LogP contribution in [-0.2, 0) is 16.0 Å². The summed E-state index contributed by atoms with van der Waals surface area (Å²) in [7, 11) is 0. The van der Waals surface area contributed by atoms with E-state index in [1.54, 1.807) is 23.1 Å². The van der Waals surface area contributed by atoms with Gasteiger partial charge in [0.2, 0.25) is 11.8 Å². The van der Waals surface area contributed by atoms with Gasteiger partial charge in [-0.25, -0.2) is 9.37 Å². The van der Waals surface area contributed by atoms with Gasteiger partial charge in [-0.15, -0.1) is 0 Å². The van der Waals surface area contributed by atoms with E-state index in [4.69, 9.17) is 9.15 Å². The second-order valence-corrected chi connectivity index (χ2v) is 7.29. The highest BCUT2D eigenvalue weighted by molar-refractivity contribution is 5.79. The second-order valence-electron chi connectivity index (χ2n) is 7.29. The summed E-state index contributed by atoms with van der Waals surface area (Å²) in [6.07, 6.45) is -0.319. The molecule has 150 valence electrons. The Bertz CT molecular complexity index is 1010. The lowest BCUT2D eigenvalue weighted by atomic mass is 10.1. The van der Waals surface area contributed by atoms with Crippen molar-refractivity contribution in [1.82, 2.24) is 9.88 Å². The van der Waals surface area contributed by atoms with Crippen molar-refractivity contribution in [3.05, 3.63) is 76.9 Å². The first kappa shape index (κ1) is 19.3. The molecule has 4 rings (SSSR count). The van der Waals surface area contributed by atoms with E-state index in [-0.39, 0.29) is 18.1 Å². The number of hydrogen-bond donors (Lipinski definition) is 0. The fourth-order valence-electron chi connectivity index (χ4n) is 3.47. The number of ether oxygens (including phenoxy) is 1. The molecule has 6 heteroatoms. The fraction of sp³-hybridized carbons (Fsp3) is 0.304. The molecule has 1 saturated heterocycles. The molecule has 0 saturated carbocycles. The third kappa shape index (κ3) is 4.22. The standard InChI is InChI=1S/C23H23FN2O3/c1-15-7-9-17(10-8-15)23-25-20(16(2)29-23)13-22(27)26-11-12-28-21(14-26)18-5-3-4-6-19(18)24/h3-10,21H,11-14H2,1-2H3. The molecule has 5 nitrogen and oxygen atoms in total. The normalized spacial score (nSPS) is 16.8. The van der Waals surface area contributed by atoms with E-state index in [9.17, 15) is 9.18 Å². The van der Waals surface area contributed by atoms with Crippen molar-refractivity contribution in [3.63, 3.8) is 0 Å². The molecule has 1 aromatic heterocycles. The molecule has 1 amide bonds. The summed E-state index contributed by atoms with van der Waals surface area (Å²) in [4.78, 5) is 19.1. The molecule has 1 aliphatic rings. The van der Waals surface area contributed by atoms with E-state index in [1.165, 1.54) is 6.07 Å². The lowest BCUT2D eigenvalue weighted by Crippen LogP contribution is -2.43. The number of hydrogen-bond acceptors (Lipinski definition) is 4. The summed E-state index contributed by atoms with van der Waals surface area (Å²) in [5.41, 5.74) is 3.14. The van der Waals surface area contributed by atoms with Crippen LogP contribution >= 0.6 is 0 Å². The van der Waals surface area contributed by atoms with E-state index in [0.29, 0.717) is 42.6 Å². The van der Waals surface area contributed by atoms with Crippen molar-refractivity contribution in [1.29, 1.82) is 0 Å². The van der Waals surface area contributed by atoms with Crippen molar-refractivity contribution in [2.75, 3.05) is 19.7 Å². The molecule has 1 aliphatic heterocycles. The number of nitrogens with zero attached hydrogens (tertiary/aromatic N) is 2. The Morgan fingerprint density at radius 3 is 2.69 bits per heavy atom. The maximum Gasteiger partial charge on any atom is 0.228 e. The Kier molecular flexibility index (Phi) is 5.45. The monoisotopic (exact) mass is 394 g/mol. The molecule has 1 fully saturated rings. The van der Waals surface area contributed by atoms with Crippen LogP contribution < -0.4 is 0 Å². The van der Waals surface area contributed by atoms with Crippen molar-refractivity contribution in [2.24, 2.45) is 0 Å². The van der Waals surface area contributed by atoms with Crippen LogP contribution in [0.25, 0.3) is 11.5 Å². The van der Waals surface area contributed by atoms with E-state index in [0.717, 1.165) is 11.1 Å². The quantitative estimate of drug-likeness (QED) is 0.664.